The first-order valence-corrected chi connectivity index (χ1v) is 10.9. The van der Waals surface area contributed by atoms with Crippen LogP contribution < -0.4 is 10.6 Å². The highest BCUT2D eigenvalue weighted by Crippen LogP contribution is 2.27. The number of hydrogen-bond donors (Lipinski definition) is 2. The van der Waals surface area contributed by atoms with Crippen LogP contribution in [0.25, 0.3) is 16.9 Å². The summed E-state index contributed by atoms with van der Waals surface area (Å²) in [5.41, 5.74) is 3.32. The van der Waals surface area contributed by atoms with Crippen LogP contribution in [0, 0.1) is 0 Å². The predicted octanol–water partition coefficient (Wildman–Crippen LogP) is 4.73. The molecule has 2 amide bonds. The highest BCUT2D eigenvalue weighted by atomic mass is 35.5. The Kier molecular flexibility index (Phi) is 5.62. The number of nitrogens with one attached hydrogen (secondary N) is 2. The zero-order valence-corrected chi connectivity index (χ0v) is 18.3. The molecule has 2 N–H and O–H groups in total. The lowest BCUT2D eigenvalue weighted by molar-refractivity contribution is 0.0950. The number of anilines is 1. The third-order valence-electron chi connectivity index (χ3n) is 5.30. The molecule has 4 aromatic rings. The summed E-state index contributed by atoms with van der Waals surface area (Å²) in [5, 5.41) is 10.7. The summed E-state index contributed by atoms with van der Waals surface area (Å²) < 4.78 is 1.66. The number of halogens is 1. The number of para-hydroxylation sites is 1. The van der Waals surface area contributed by atoms with Gasteiger partial charge in [0.05, 0.1) is 21.8 Å². The fourth-order valence-corrected chi connectivity index (χ4v) is 3.70. The maximum atomic E-state index is 13.2. The van der Waals surface area contributed by atoms with Crippen molar-refractivity contribution >= 4 is 29.1 Å². The molecule has 0 aliphatic heterocycles. The minimum Gasteiger partial charge on any atom is -0.349 e. The Morgan fingerprint density at radius 3 is 2.48 bits per heavy atom. The minimum atomic E-state index is -0.345. The lowest BCUT2D eigenvalue weighted by Crippen LogP contribution is -2.25. The average Bonchev–Trinajstić information content (AvgIpc) is 3.53. The molecule has 1 fully saturated rings. The van der Waals surface area contributed by atoms with E-state index in [4.69, 9.17) is 11.6 Å². The van der Waals surface area contributed by atoms with Gasteiger partial charge in [-0.25, -0.2) is 4.68 Å². The Balaban J connectivity index is 1.43. The normalized spacial score (nSPS) is 12.9. The molecule has 0 bridgehead atoms. The van der Waals surface area contributed by atoms with E-state index in [0.717, 1.165) is 24.1 Å². The fourth-order valence-electron chi connectivity index (χ4n) is 3.44. The third-order valence-corrected chi connectivity index (χ3v) is 5.61. The number of aromatic nitrogens is 3. The molecule has 2 aromatic carbocycles. The monoisotopic (exact) mass is 457 g/mol. The number of rotatable bonds is 6. The van der Waals surface area contributed by atoms with E-state index in [9.17, 15) is 9.59 Å². The van der Waals surface area contributed by atoms with Gasteiger partial charge in [-0.15, -0.1) is 0 Å². The van der Waals surface area contributed by atoms with E-state index in [-0.39, 0.29) is 22.9 Å². The van der Waals surface area contributed by atoms with Gasteiger partial charge in [-0.1, -0.05) is 29.8 Å². The van der Waals surface area contributed by atoms with Crippen molar-refractivity contribution in [2.45, 2.75) is 18.9 Å². The third kappa shape index (κ3) is 4.63. The van der Waals surface area contributed by atoms with Crippen molar-refractivity contribution in [2.24, 2.45) is 0 Å². The van der Waals surface area contributed by atoms with Gasteiger partial charge in [-0.05, 0) is 55.3 Å². The molecule has 0 radical (unpaired) electrons. The molecule has 33 heavy (non-hydrogen) atoms. The largest absolute Gasteiger partial charge is 0.349 e. The van der Waals surface area contributed by atoms with E-state index in [1.54, 1.807) is 47.5 Å². The maximum Gasteiger partial charge on any atom is 0.259 e. The van der Waals surface area contributed by atoms with Crippen LogP contribution >= 0.6 is 11.6 Å². The molecular formula is C25H20ClN5O2. The molecule has 1 aliphatic rings. The molecule has 7 nitrogen and oxygen atoms in total. The molecule has 5 rings (SSSR count). The Hall–Kier alpha value is -3.97. The lowest BCUT2D eigenvalue weighted by Gasteiger charge is -2.09. The van der Waals surface area contributed by atoms with Gasteiger partial charge in [0.15, 0.2) is 0 Å². The van der Waals surface area contributed by atoms with Gasteiger partial charge in [-0.3, -0.25) is 14.6 Å². The summed E-state index contributed by atoms with van der Waals surface area (Å²) in [6, 6.07) is 18.3. The van der Waals surface area contributed by atoms with Gasteiger partial charge in [-0.2, -0.15) is 5.10 Å². The van der Waals surface area contributed by atoms with Gasteiger partial charge in [0.1, 0.15) is 5.69 Å². The van der Waals surface area contributed by atoms with Crippen molar-refractivity contribution in [1.29, 1.82) is 0 Å². The standard InChI is InChI=1S/C25H20ClN5O2/c26-22-13-18(10-11-20(22)24(32)28-17-8-9-17)29-25(33)21-15-31(19-6-2-1-3-7-19)30-23(21)16-5-4-12-27-14-16/h1-7,10-15,17H,8-9H2,(H,28,32)(H,29,33). The number of benzene rings is 2. The van der Waals surface area contributed by atoms with E-state index in [1.807, 2.05) is 36.4 Å². The molecule has 8 heteroatoms. The van der Waals surface area contributed by atoms with Crippen LogP contribution in [0.4, 0.5) is 5.69 Å². The highest BCUT2D eigenvalue weighted by molar-refractivity contribution is 6.34. The molecule has 1 aliphatic carbocycles. The van der Waals surface area contributed by atoms with E-state index in [0.29, 0.717) is 22.5 Å². The van der Waals surface area contributed by atoms with Crippen molar-refractivity contribution < 1.29 is 9.59 Å². The second kappa shape index (κ2) is 8.88. The molecule has 0 unspecified atom stereocenters. The van der Waals surface area contributed by atoms with E-state index in [2.05, 4.69) is 20.7 Å². The summed E-state index contributed by atoms with van der Waals surface area (Å²) in [4.78, 5) is 29.7. The summed E-state index contributed by atoms with van der Waals surface area (Å²) in [6.45, 7) is 0. The Labute approximate surface area is 195 Å². The summed E-state index contributed by atoms with van der Waals surface area (Å²) >= 11 is 6.33. The average molecular weight is 458 g/mol. The van der Waals surface area contributed by atoms with Crippen LogP contribution in [0.5, 0.6) is 0 Å². The van der Waals surface area contributed by atoms with Crippen molar-refractivity contribution in [3.8, 4) is 16.9 Å². The zero-order chi connectivity index (χ0) is 22.8. The van der Waals surface area contributed by atoms with Crippen LogP contribution in [0.15, 0.2) is 79.3 Å². The first-order valence-electron chi connectivity index (χ1n) is 10.6. The van der Waals surface area contributed by atoms with Crippen molar-refractivity contribution in [3.05, 3.63) is 95.4 Å². The predicted molar refractivity (Wildman–Crippen MR) is 127 cm³/mol. The topological polar surface area (TPSA) is 88.9 Å². The van der Waals surface area contributed by atoms with E-state index in [1.165, 1.54) is 0 Å². The van der Waals surface area contributed by atoms with Crippen LogP contribution in [-0.4, -0.2) is 32.6 Å². The zero-order valence-electron chi connectivity index (χ0n) is 17.5. The molecule has 0 spiro atoms. The van der Waals surface area contributed by atoms with Crippen LogP contribution in [0.2, 0.25) is 5.02 Å². The molecule has 0 atom stereocenters. The van der Waals surface area contributed by atoms with Gasteiger partial charge in [0.2, 0.25) is 0 Å². The maximum absolute atomic E-state index is 13.2. The second-order valence-corrected chi connectivity index (χ2v) is 8.22. The minimum absolute atomic E-state index is 0.205. The van der Waals surface area contributed by atoms with Crippen LogP contribution in [0.1, 0.15) is 33.6 Å². The fraction of sp³-hybridized carbons (Fsp3) is 0.120. The SMILES string of the molecule is O=C(NC1CC1)c1ccc(NC(=O)c2cn(-c3ccccc3)nc2-c2cccnc2)cc1Cl. The van der Waals surface area contributed by atoms with Crippen LogP contribution in [0.3, 0.4) is 0 Å². The smallest absolute Gasteiger partial charge is 0.259 e. The Morgan fingerprint density at radius 2 is 1.79 bits per heavy atom. The number of pyridine rings is 1. The van der Waals surface area contributed by atoms with Crippen molar-refractivity contribution in [2.75, 3.05) is 5.32 Å². The molecule has 2 heterocycles. The van der Waals surface area contributed by atoms with Gasteiger partial charge in [0.25, 0.3) is 11.8 Å². The number of amides is 2. The quantitative estimate of drug-likeness (QED) is 0.438. The number of hydrogen-bond acceptors (Lipinski definition) is 4. The van der Waals surface area contributed by atoms with Crippen LogP contribution in [-0.2, 0) is 0 Å². The number of carbonyl (C=O) groups is 2. The molecule has 164 valence electrons. The molecular weight excluding hydrogens is 438 g/mol. The first-order chi connectivity index (χ1) is 16.1. The first kappa shape index (κ1) is 20.9. The second-order valence-electron chi connectivity index (χ2n) is 7.81. The lowest BCUT2D eigenvalue weighted by atomic mass is 10.1. The van der Waals surface area contributed by atoms with Crippen molar-refractivity contribution in [1.82, 2.24) is 20.1 Å². The molecule has 1 saturated carbocycles. The van der Waals surface area contributed by atoms with E-state index < -0.39 is 0 Å². The Bertz CT molecular complexity index is 1320. The number of nitrogens with zero attached hydrogens (tertiary/aromatic N) is 3. The molecule has 2 aromatic heterocycles. The van der Waals surface area contributed by atoms with E-state index >= 15 is 0 Å². The van der Waals surface area contributed by atoms with Gasteiger partial charge < -0.3 is 10.6 Å². The van der Waals surface area contributed by atoms with Gasteiger partial charge in [0, 0.05) is 35.9 Å². The summed E-state index contributed by atoms with van der Waals surface area (Å²) in [5.74, 6) is -0.550. The van der Waals surface area contributed by atoms with Crippen molar-refractivity contribution in [3.63, 3.8) is 0 Å². The van der Waals surface area contributed by atoms with Gasteiger partial charge >= 0.3 is 0 Å². The molecule has 0 saturated heterocycles. The summed E-state index contributed by atoms with van der Waals surface area (Å²) in [7, 11) is 0. The highest BCUT2D eigenvalue weighted by Gasteiger charge is 2.25. The number of carbonyl (C=O) groups excluding carboxylic acids is 2. The Morgan fingerprint density at radius 1 is 0.970 bits per heavy atom. The summed E-state index contributed by atoms with van der Waals surface area (Å²) in [6.07, 6.45) is 7.01.